The van der Waals surface area contributed by atoms with E-state index in [1.807, 2.05) is 0 Å². The second-order valence-electron chi connectivity index (χ2n) is 0. The molecule has 0 fully saturated rings. The summed E-state index contributed by atoms with van der Waals surface area (Å²) in [6.07, 6.45) is 0. The standard InChI is InChI=1S/Na.H2OS.2H2O.H/c;1-2;;;/h;1-2H;2*1H2;. The molecule has 0 aromatic rings. The van der Waals surface area contributed by atoms with Crippen molar-refractivity contribution in [3.8, 4) is 0 Å². The molecule has 5 heteroatoms. The third-order valence-electron chi connectivity index (χ3n) is 0. The van der Waals surface area contributed by atoms with Crippen molar-refractivity contribution < 1.29 is 15.5 Å². The van der Waals surface area contributed by atoms with Crippen LogP contribution in [-0.4, -0.2) is 45.1 Å². The number of thiol groups is 1. The summed E-state index contributed by atoms with van der Waals surface area (Å²) in [5.41, 5.74) is 0. The summed E-state index contributed by atoms with van der Waals surface area (Å²) in [7, 11) is 0. The van der Waals surface area contributed by atoms with Gasteiger partial charge in [0.2, 0.25) is 0 Å². The van der Waals surface area contributed by atoms with Gasteiger partial charge in [0.15, 0.2) is 0 Å². The molecule has 5 heavy (non-hydrogen) atoms. The van der Waals surface area contributed by atoms with E-state index in [1.165, 1.54) is 0 Å². The van der Waals surface area contributed by atoms with Gasteiger partial charge in [-0.25, -0.2) is 0 Å². The van der Waals surface area contributed by atoms with Crippen LogP contribution in [-0.2, 0) is 0 Å². The van der Waals surface area contributed by atoms with Gasteiger partial charge in [0.05, 0.1) is 0 Å². The molecular weight excluding hydrogens is 103 g/mol. The number of hydrogen-bond acceptors (Lipinski definition) is 2. The third-order valence-corrected chi connectivity index (χ3v) is 0. The van der Waals surface area contributed by atoms with E-state index >= 15 is 0 Å². The van der Waals surface area contributed by atoms with Crippen molar-refractivity contribution in [3.05, 3.63) is 0 Å². The Labute approximate surface area is 57.9 Å². The zero-order valence-corrected chi connectivity index (χ0v) is 2.79. The fourth-order valence-corrected chi connectivity index (χ4v) is 0. The van der Waals surface area contributed by atoms with Gasteiger partial charge in [-0.05, 0) is 12.9 Å². The Morgan fingerprint density at radius 1 is 1.00 bits per heavy atom. The van der Waals surface area contributed by atoms with Crippen LogP contribution in [0.2, 0.25) is 0 Å². The van der Waals surface area contributed by atoms with Crippen LogP contribution in [0.3, 0.4) is 0 Å². The zero-order chi connectivity index (χ0) is 2.00. The molecule has 32 valence electrons. The molecular formula is H7NaO3S. The van der Waals surface area contributed by atoms with E-state index in [-0.39, 0.29) is 40.5 Å². The van der Waals surface area contributed by atoms with E-state index < -0.39 is 0 Å². The van der Waals surface area contributed by atoms with Crippen molar-refractivity contribution in [3.63, 3.8) is 0 Å². The molecule has 0 spiro atoms. The fourth-order valence-electron chi connectivity index (χ4n) is 0. The fraction of sp³-hybridized carbons (Fsp3) is 0. The first kappa shape index (κ1) is 34.3. The summed E-state index contributed by atoms with van der Waals surface area (Å²) < 4.78 is 6.69. The molecule has 5 N–H and O–H groups in total. The monoisotopic (exact) mass is 110 g/mol. The SMILES string of the molecule is O.O.OS.[NaH]. The molecule has 0 radical (unpaired) electrons. The summed E-state index contributed by atoms with van der Waals surface area (Å²) in [4.78, 5) is 0. The van der Waals surface area contributed by atoms with Crippen LogP contribution < -0.4 is 0 Å². The molecule has 0 unspecified atom stereocenters. The van der Waals surface area contributed by atoms with Crippen LogP contribution in [0, 0.1) is 0 Å². The van der Waals surface area contributed by atoms with Gasteiger partial charge >= 0.3 is 29.6 Å². The quantitative estimate of drug-likeness (QED) is 0.213. The second kappa shape index (κ2) is 61.9. The third kappa shape index (κ3) is 36.1. The molecule has 0 aliphatic heterocycles. The Bertz CT molecular complexity index is 6.85. The first-order valence-corrected chi connectivity index (χ1v) is 0.600. The van der Waals surface area contributed by atoms with E-state index in [0.29, 0.717) is 0 Å². The molecule has 0 heterocycles. The maximum atomic E-state index is 6.69. The Hall–Kier alpha value is 1.23. The maximum absolute atomic E-state index is 6.69. The van der Waals surface area contributed by atoms with Gasteiger partial charge in [0, 0.05) is 0 Å². The van der Waals surface area contributed by atoms with Crippen LogP contribution in [0.4, 0.5) is 0 Å². The summed E-state index contributed by atoms with van der Waals surface area (Å²) in [5.74, 6) is 0. The van der Waals surface area contributed by atoms with Crippen LogP contribution >= 0.6 is 12.9 Å². The number of hydrogen-bond donors (Lipinski definition) is 2. The Morgan fingerprint density at radius 3 is 1.00 bits per heavy atom. The molecule has 3 nitrogen and oxygen atoms in total. The first-order chi connectivity index (χ1) is 1.00. The molecule has 0 aromatic carbocycles. The Balaban J connectivity index is -0.00000000167. The van der Waals surface area contributed by atoms with E-state index in [1.54, 1.807) is 0 Å². The molecule has 0 atom stereocenters. The summed E-state index contributed by atoms with van der Waals surface area (Å²) in [6.45, 7) is 0. The minimum atomic E-state index is 0. The first-order valence-electron chi connectivity index (χ1n) is 0.200. The van der Waals surface area contributed by atoms with Crippen molar-refractivity contribution in [2.75, 3.05) is 0 Å². The second-order valence-corrected chi connectivity index (χ2v) is 0. The van der Waals surface area contributed by atoms with E-state index in [4.69, 9.17) is 4.55 Å². The van der Waals surface area contributed by atoms with Crippen molar-refractivity contribution in [2.45, 2.75) is 0 Å². The van der Waals surface area contributed by atoms with Crippen molar-refractivity contribution >= 4 is 42.5 Å². The van der Waals surface area contributed by atoms with Gasteiger partial charge in [-0.3, -0.25) is 0 Å². The van der Waals surface area contributed by atoms with Crippen LogP contribution in [0.1, 0.15) is 0 Å². The summed E-state index contributed by atoms with van der Waals surface area (Å²) in [5, 5.41) is 0. The van der Waals surface area contributed by atoms with Gasteiger partial charge in [0.25, 0.3) is 0 Å². The van der Waals surface area contributed by atoms with Gasteiger partial charge in [-0.2, -0.15) is 0 Å². The minimum absolute atomic E-state index is 0. The van der Waals surface area contributed by atoms with Crippen molar-refractivity contribution in [2.24, 2.45) is 0 Å². The van der Waals surface area contributed by atoms with Crippen LogP contribution in [0.25, 0.3) is 0 Å². The van der Waals surface area contributed by atoms with Gasteiger partial charge < -0.3 is 15.5 Å². The molecule has 0 rings (SSSR count). The average Bonchev–Trinajstić information content (AvgIpc) is 1.00. The van der Waals surface area contributed by atoms with E-state index in [9.17, 15) is 0 Å². The predicted octanol–water partition coefficient (Wildman–Crippen LogP) is -1.91. The molecule has 0 bridgehead atoms. The van der Waals surface area contributed by atoms with Crippen molar-refractivity contribution in [1.82, 2.24) is 0 Å². The normalized spacial score (nSPS) is 1.20. The topological polar surface area (TPSA) is 83.2 Å². The molecule has 0 amide bonds. The van der Waals surface area contributed by atoms with Crippen LogP contribution in [0.15, 0.2) is 0 Å². The molecule has 0 aliphatic carbocycles. The van der Waals surface area contributed by atoms with Crippen molar-refractivity contribution in [1.29, 1.82) is 0 Å². The van der Waals surface area contributed by atoms with Crippen LogP contribution in [0.5, 0.6) is 0 Å². The zero-order valence-electron chi connectivity index (χ0n) is 1.89. The molecule has 0 aliphatic rings. The summed E-state index contributed by atoms with van der Waals surface area (Å²) in [6, 6.07) is 0. The predicted molar refractivity (Wildman–Crippen MR) is 26.0 cm³/mol. The summed E-state index contributed by atoms with van der Waals surface area (Å²) >= 11 is 2.53. The molecule has 0 aromatic heterocycles. The Kier molecular flexibility index (Phi) is 424. The molecule has 0 saturated carbocycles. The van der Waals surface area contributed by atoms with Gasteiger partial charge in [-0.15, -0.1) is 0 Å². The number of rotatable bonds is 0. The van der Waals surface area contributed by atoms with E-state index in [2.05, 4.69) is 12.9 Å². The van der Waals surface area contributed by atoms with E-state index in [0.717, 1.165) is 0 Å². The van der Waals surface area contributed by atoms with Gasteiger partial charge in [0.1, 0.15) is 0 Å². The Morgan fingerprint density at radius 2 is 1.00 bits per heavy atom. The average molecular weight is 110 g/mol. The molecule has 0 saturated heterocycles. The van der Waals surface area contributed by atoms with Gasteiger partial charge in [-0.1, -0.05) is 0 Å².